The van der Waals surface area contributed by atoms with Crippen LogP contribution in [0.4, 0.5) is 4.79 Å². The van der Waals surface area contributed by atoms with Crippen molar-refractivity contribution >= 4 is 38.9 Å². The van der Waals surface area contributed by atoms with Gasteiger partial charge in [-0.2, -0.15) is 0 Å². The fourth-order valence-electron chi connectivity index (χ4n) is 0.359. The van der Waals surface area contributed by atoms with E-state index in [2.05, 4.69) is 26.6 Å². The first-order chi connectivity index (χ1) is 5.20. The zero-order valence-electron chi connectivity index (χ0n) is 6.11. The molecular formula is C5H10BrN3OS. The molecule has 0 aromatic rings. The normalized spacial score (nSPS) is 8.91. The number of amides is 2. The summed E-state index contributed by atoms with van der Waals surface area (Å²) in [6.07, 6.45) is 1.73. The Morgan fingerprint density at radius 3 is 2.82 bits per heavy atom. The van der Waals surface area contributed by atoms with E-state index >= 15 is 0 Å². The molecule has 64 valence electrons. The highest BCUT2D eigenvalue weighted by Crippen LogP contribution is 1.89. The molecule has 0 aliphatic carbocycles. The van der Waals surface area contributed by atoms with E-state index in [9.17, 15) is 4.79 Å². The number of carbonyl (C=O) groups is 1. The molecule has 11 heavy (non-hydrogen) atoms. The molecule has 0 atom stereocenters. The SMILES string of the molecule is CSC(=N)NC(=O)NCCBr. The van der Waals surface area contributed by atoms with E-state index in [0.717, 1.165) is 0 Å². The lowest BCUT2D eigenvalue weighted by Gasteiger charge is -2.04. The Balaban J connectivity index is 3.44. The molecule has 0 aromatic carbocycles. The number of rotatable bonds is 2. The Labute approximate surface area is 78.1 Å². The quantitative estimate of drug-likeness (QED) is 0.382. The highest BCUT2D eigenvalue weighted by atomic mass is 79.9. The van der Waals surface area contributed by atoms with E-state index in [4.69, 9.17) is 5.41 Å². The third-order valence-corrected chi connectivity index (χ3v) is 1.72. The smallest absolute Gasteiger partial charge is 0.320 e. The van der Waals surface area contributed by atoms with Crippen LogP contribution < -0.4 is 10.6 Å². The average Bonchev–Trinajstić information content (AvgIpc) is 2.00. The van der Waals surface area contributed by atoms with Gasteiger partial charge in [0, 0.05) is 11.9 Å². The summed E-state index contributed by atoms with van der Waals surface area (Å²) in [7, 11) is 0. The molecule has 0 unspecified atom stereocenters. The summed E-state index contributed by atoms with van der Waals surface area (Å²) in [6, 6.07) is -0.330. The van der Waals surface area contributed by atoms with Gasteiger partial charge in [-0.25, -0.2) is 4.79 Å². The monoisotopic (exact) mass is 239 g/mol. The lowest BCUT2D eigenvalue weighted by atomic mass is 10.7. The van der Waals surface area contributed by atoms with Crippen LogP contribution in [0.2, 0.25) is 0 Å². The first-order valence-corrected chi connectivity index (χ1v) is 5.28. The van der Waals surface area contributed by atoms with Crippen molar-refractivity contribution in [3.63, 3.8) is 0 Å². The maximum absolute atomic E-state index is 10.8. The minimum atomic E-state index is -0.330. The van der Waals surface area contributed by atoms with Crippen molar-refractivity contribution < 1.29 is 4.79 Å². The largest absolute Gasteiger partial charge is 0.337 e. The van der Waals surface area contributed by atoms with Crippen LogP contribution in [-0.2, 0) is 0 Å². The molecule has 0 bridgehead atoms. The summed E-state index contributed by atoms with van der Waals surface area (Å²) in [5.41, 5.74) is 0. The fourth-order valence-corrected chi connectivity index (χ4v) is 0.752. The molecule has 0 rings (SSSR count). The van der Waals surface area contributed by atoms with E-state index in [-0.39, 0.29) is 11.2 Å². The van der Waals surface area contributed by atoms with Gasteiger partial charge in [-0.1, -0.05) is 27.7 Å². The van der Waals surface area contributed by atoms with Crippen molar-refractivity contribution in [3.05, 3.63) is 0 Å². The summed E-state index contributed by atoms with van der Waals surface area (Å²) in [5, 5.41) is 12.8. The second-order valence-corrected chi connectivity index (χ2v) is 3.21. The van der Waals surface area contributed by atoms with Gasteiger partial charge in [0.25, 0.3) is 0 Å². The average molecular weight is 240 g/mol. The zero-order valence-corrected chi connectivity index (χ0v) is 8.51. The summed E-state index contributed by atoms with van der Waals surface area (Å²) >= 11 is 4.35. The molecule has 2 amide bonds. The van der Waals surface area contributed by atoms with E-state index in [1.54, 1.807) is 6.26 Å². The van der Waals surface area contributed by atoms with Gasteiger partial charge in [-0.05, 0) is 6.26 Å². The molecule has 0 aliphatic rings. The maximum Gasteiger partial charge on any atom is 0.320 e. The Bertz CT molecular complexity index is 153. The van der Waals surface area contributed by atoms with Gasteiger partial charge in [0.2, 0.25) is 0 Å². The van der Waals surface area contributed by atoms with Crippen molar-refractivity contribution in [1.29, 1.82) is 5.41 Å². The number of carbonyl (C=O) groups excluding carboxylic acids is 1. The van der Waals surface area contributed by atoms with Crippen LogP contribution in [0.15, 0.2) is 0 Å². The van der Waals surface area contributed by atoms with Crippen LogP contribution in [-0.4, -0.2) is 29.3 Å². The number of urea groups is 1. The van der Waals surface area contributed by atoms with Crippen LogP contribution in [0.25, 0.3) is 0 Å². The van der Waals surface area contributed by atoms with Crippen molar-refractivity contribution in [2.24, 2.45) is 0 Å². The summed E-state index contributed by atoms with van der Waals surface area (Å²) < 4.78 is 0. The Kier molecular flexibility index (Phi) is 6.34. The predicted octanol–water partition coefficient (Wildman–Crippen LogP) is 0.978. The minimum Gasteiger partial charge on any atom is -0.337 e. The van der Waals surface area contributed by atoms with Gasteiger partial charge in [0.05, 0.1) is 0 Å². The highest BCUT2D eigenvalue weighted by molar-refractivity contribution is 9.09. The van der Waals surface area contributed by atoms with Gasteiger partial charge in [-0.3, -0.25) is 10.7 Å². The molecule has 0 saturated carbocycles. The second kappa shape index (κ2) is 6.48. The molecule has 0 radical (unpaired) electrons. The number of hydrogen-bond acceptors (Lipinski definition) is 3. The third kappa shape index (κ3) is 6.18. The Morgan fingerprint density at radius 1 is 1.73 bits per heavy atom. The minimum absolute atomic E-state index is 0.150. The molecule has 0 spiro atoms. The summed E-state index contributed by atoms with van der Waals surface area (Å²) in [4.78, 5) is 10.8. The summed E-state index contributed by atoms with van der Waals surface area (Å²) in [6.45, 7) is 0.563. The maximum atomic E-state index is 10.8. The summed E-state index contributed by atoms with van der Waals surface area (Å²) in [5.74, 6) is 0. The lowest BCUT2D eigenvalue weighted by Crippen LogP contribution is -2.38. The van der Waals surface area contributed by atoms with Crippen molar-refractivity contribution in [1.82, 2.24) is 10.6 Å². The van der Waals surface area contributed by atoms with Crippen LogP contribution in [0, 0.1) is 5.41 Å². The Hall–Kier alpha value is -0.230. The van der Waals surface area contributed by atoms with E-state index in [0.29, 0.717) is 11.9 Å². The molecule has 6 heteroatoms. The topological polar surface area (TPSA) is 65.0 Å². The molecule has 4 nitrogen and oxygen atoms in total. The van der Waals surface area contributed by atoms with Gasteiger partial charge in [0.15, 0.2) is 5.17 Å². The number of alkyl halides is 1. The number of halogens is 1. The van der Waals surface area contributed by atoms with Crippen LogP contribution in [0.1, 0.15) is 0 Å². The van der Waals surface area contributed by atoms with Gasteiger partial charge in [-0.15, -0.1) is 0 Å². The zero-order chi connectivity index (χ0) is 8.69. The number of nitrogens with one attached hydrogen (secondary N) is 3. The van der Waals surface area contributed by atoms with Crippen molar-refractivity contribution in [2.75, 3.05) is 18.1 Å². The first-order valence-electron chi connectivity index (χ1n) is 2.94. The van der Waals surface area contributed by atoms with Crippen LogP contribution in [0.3, 0.4) is 0 Å². The van der Waals surface area contributed by atoms with Crippen LogP contribution in [0.5, 0.6) is 0 Å². The third-order valence-electron chi connectivity index (χ3n) is 0.811. The number of amidine groups is 1. The van der Waals surface area contributed by atoms with Gasteiger partial charge < -0.3 is 5.32 Å². The Morgan fingerprint density at radius 2 is 2.36 bits per heavy atom. The molecule has 0 fully saturated rings. The second-order valence-electron chi connectivity index (χ2n) is 1.60. The molecule has 0 heterocycles. The number of hydrogen-bond donors (Lipinski definition) is 3. The molecule has 0 saturated heterocycles. The predicted molar refractivity (Wildman–Crippen MR) is 51.6 cm³/mol. The van der Waals surface area contributed by atoms with Crippen molar-refractivity contribution in [2.45, 2.75) is 0 Å². The molecular weight excluding hydrogens is 230 g/mol. The number of thioether (sulfide) groups is 1. The fraction of sp³-hybridized carbons (Fsp3) is 0.600. The standard InChI is InChI=1S/C5H10BrN3OS/c1-11-4(7)9-5(10)8-3-2-6/h2-3H2,1H3,(H3,7,8,9,10). The lowest BCUT2D eigenvalue weighted by molar-refractivity contribution is 0.246. The van der Waals surface area contributed by atoms with Crippen molar-refractivity contribution in [3.8, 4) is 0 Å². The molecule has 0 aromatic heterocycles. The molecule has 0 aliphatic heterocycles. The van der Waals surface area contributed by atoms with E-state index in [1.807, 2.05) is 0 Å². The van der Waals surface area contributed by atoms with E-state index < -0.39 is 0 Å². The van der Waals surface area contributed by atoms with Gasteiger partial charge in [0.1, 0.15) is 0 Å². The first kappa shape index (κ1) is 10.8. The highest BCUT2D eigenvalue weighted by Gasteiger charge is 1.99. The molecule has 3 N–H and O–H groups in total. The van der Waals surface area contributed by atoms with Gasteiger partial charge >= 0.3 is 6.03 Å². The van der Waals surface area contributed by atoms with E-state index in [1.165, 1.54) is 11.8 Å². The van der Waals surface area contributed by atoms with Crippen LogP contribution >= 0.6 is 27.7 Å².